The molecule has 1 amide bonds. The summed E-state index contributed by atoms with van der Waals surface area (Å²) in [5.41, 5.74) is 13.6. The smallest absolute Gasteiger partial charge is 0.411 e. The van der Waals surface area contributed by atoms with E-state index in [4.69, 9.17) is 39.6 Å². The Bertz CT molecular complexity index is 5970. The SMILES string of the molecule is CCN(CC)c1ccc(N(c2c(C#N)c(C(=O)OC3C(C)CC(C)CC3C)c3nc(-c4ccccc4C)[nH]n23)C(CC2c3ccccc3Oc3ccccc32)OO)c(C)c1.CCN(CC)c1ccc(NC(=O)OCC2c3ccccc3S(=O)(=O)c3ccccc32)c(C)c1.O=S.[C-]#[N+]c1cn2[nH]c(-c3ccccc3C)nc2c1C(=O)OC1C(C)CC(C)CC1C. The standard InChI is InChI=1S/C49H54N6O5.C26H28N2O4S.C23H26N4O2.OS/c1-8-53(9-2)34-22-23-40(31(5)26-34)54(43(60-57)27-38-36-18-12-14-20-41(36)58-42-21-15-13-19-37(38)42)48-39(28-50)44(49(56)59-45-32(6)24-29(3)25-33(45)7)47-51-46(52-55(47)48)35-17-11-10-16-30(35)4;1-4-28(5-2)19-14-15-23(18(3)16-19)27-26(29)32-17-22-20-10-6-8-12-24(20)33(30,31)25-13-9-7-11-21(22)25;1-13-10-15(3)20(16(4)11-13)29-23(28)19-18(24-5)12-27-22(19)25-21(26-27)17-9-7-6-8-14(17)2;1-2/h10-23,26,29,32-33,38,43,45,57H,8-9,24-25,27H2,1-7H3,(H,51,52);6-16,22H,4-5,17H2,1-3H3,(H,27,29);6-9,12-13,15-16,20H,10-11H2,1-4H3,(H,25,26);. The van der Waals surface area contributed by atoms with Crippen molar-refractivity contribution in [3.8, 4) is 40.3 Å². The van der Waals surface area contributed by atoms with E-state index in [9.17, 15) is 33.3 Å². The van der Waals surface area contributed by atoms with Gasteiger partial charge in [-0.2, -0.15) is 9.47 Å². The van der Waals surface area contributed by atoms with Gasteiger partial charge in [0.15, 0.2) is 47.5 Å². The number of fused-ring (bicyclic) bond motifs is 6. The third-order valence-electron chi connectivity index (χ3n) is 24.8. The Morgan fingerprint density at radius 1 is 0.605 bits per heavy atom. The van der Waals surface area contributed by atoms with Crippen LogP contribution in [0.4, 0.5) is 39.0 Å². The monoisotopic (exact) mass is 1710 g/mol. The fourth-order valence-electron chi connectivity index (χ4n) is 19.0. The third kappa shape index (κ3) is 18.2. The van der Waals surface area contributed by atoms with E-state index in [2.05, 4.69) is 129 Å². The molecule has 0 spiro atoms. The molecule has 2 aliphatic heterocycles. The second kappa shape index (κ2) is 38.9. The number of anilines is 5. The van der Waals surface area contributed by atoms with Crippen LogP contribution in [0.3, 0.4) is 0 Å². The lowest BCUT2D eigenvalue weighted by Gasteiger charge is -2.37. The van der Waals surface area contributed by atoms with Crippen molar-refractivity contribution < 1.29 is 56.1 Å². The summed E-state index contributed by atoms with van der Waals surface area (Å²) in [6.45, 7) is 40.4. The highest BCUT2D eigenvalue weighted by Crippen LogP contribution is 2.50. The van der Waals surface area contributed by atoms with E-state index in [1.54, 1.807) is 63.8 Å². The molecule has 24 nitrogen and oxygen atoms in total. The van der Waals surface area contributed by atoms with Crippen molar-refractivity contribution in [2.24, 2.45) is 35.5 Å². The third-order valence-corrected chi connectivity index (χ3v) is 26.7. The van der Waals surface area contributed by atoms with E-state index < -0.39 is 34.1 Å². The number of nitrogens with zero attached hydrogens (tertiary/aromatic N) is 9. The molecule has 0 saturated heterocycles. The molecule has 124 heavy (non-hydrogen) atoms. The van der Waals surface area contributed by atoms with Gasteiger partial charge in [0.25, 0.3) is 0 Å². The Balaban J connectivity index is 0.000000174. The van der Waals surface area contributed by atoms with Crippen molar-refractivity contribution >= 4 is 86.0 Å². The first-order valence-corrected chi connectivity index (χ1v) is 44.4. The van der Waals surface area contributed by atoms with Gasteiger partial charge < -0.3 is 28.7 Å². The minimum atomic E-state index is -3.60. The van der Waals surface area contributed by atoms with Gasteiger partial charge in [-0.05, 0) is 211 Å². The minimum absolute atomic E-state index is 0.0337. The van der Waals surface area contributed by atoms with Crippen LogP contribution in [0, 0.1) is 81.1 Å². The molecule has 5 unspecified atom stereocenters. The van der Waals surface area contributed by atoms with E-state index in [1.807, 2.05) is 160 Å². The molecule has 6 heterocycles. The number of carbonyl (C=O) groups is 3. The Labute approximate surface area is 730 Å². The first kappa shape index (κ1) is 89.3. The normalized spacial score (nSPS) is 18.8. The average molecular weight is 1710 g/mol. The number of amides is 1. The number of hydrogen-bond acceptors (Lipinski definition) is 19. The molecule has 4 aromatic heterocycles. The second-order valence-corrected chi connectivity index (χ2v) is 35.1. The lowest BCUT2D eigenvalue weighted by atomic mass is 9.75. The molecular weight excluding hydrogens is 1600 g/mol. The summed E-state index contributed by atoms with van der Waals surface area (Å²) < 4.78 is 61.6. The van der Waals surface area contributed by atoms with Crippen LogP contribution in [0.1, 0.15) is 184 Å². The first-order valence-electron chi connectivity index (χ1n) is 42.6. The lowest BCUT2D eigenvalue weighted by molar-refractivity contribution is -0.278. The summed E-state index contributed by atoms with van der Waals surface area (Å²) in [4.78, 5) is 66.2. The van der Waals surface area contributed by atoms with Crippen molar-refractivity contribution in [2.45, 2.75) is 169 Å². The molecule has 0 radical (unpaired) electrons. The number of aromatic nitrogens is 6. The zero-order valence-corrected chi connectivity index (χ0v) is 74.2. The number of sulfone groups is 1. The van der Waals surface area contributed by atoms with Crippen molar-refractivity contribution in [3.63, 3.8) is 0 Å². The van der Waals surface area contributed by atoms with Gasteiger partial charge in [-0.25, -0.2) is 52.3 Å². The van der Waals surface area contributed by atoms with Crippen molar-refractivity contribution in [3.05, 3.63) is 261 Å². The van der Waals surface area contributed by atoms with E-state index in [0.29, 0.717) is 75.0 Å². The van der Waals surface area contributed by atoms with Gasteiger partial charge in [0, 0.05) is 95.6 Å². The van der Waals surface area contributed by atoms with Crippen molar-refractivity contribution in [2.75, 3.05) is 52.8 Å². The topological polar surface area (TPSA) is 285 Å². The predicted molar refractivity (Wildman–Crippen MR) is 484 cm³/mol. The number of hydrogen-bond donors (Lipinski definition) is 4. The summed E-state index contributed by atoms with van der Waals surface area (Å²) in [5.74, 6) is 3.21. The number of nitrogens with one attached hydrogen (secondary N) is 3. The highest BCUT2D eigenvalue weighted by atomic mass is 32.2. The van der Waals surface area contributed by atoms with Gasteiger partial charge in [-0.15, -0.1) is 0 Å². The molecule has 2 fully saturated rings. The summed E-state index contributed by atoms with van der Waals surface area (Å²) in [6, 6.07) is 59.8. The second-order valence-electron chi connectivity index (χ2n) is 33.2. The highest BCUT2D eigenvalue weighted by Gasteiger charge is 2.43. The van der Waals surface area contributed by atoms with Gasteiger partial charge in [0.05, 0.1) is 16.4 Å². The molecule has 5 atom stereocenters. The molecule has 16 rings (SSSR count). The Morgan fingerprint density at radius 3 is 1.55 bits per heavy atom. The summed E-state index contributed by atoms with van der Waals surface area (Å²) in [6.07, 6.45) is 3.68. The van der Waals surface area contributed by atoms with Crippen LogP contribution in [0.15, 0.2) is 198 Å². The molecule has 12 aromatic rings. The van der Waals surface area contributed by atoms with E-state index in [1.165, 1.54) is 0 Å². The molecule has 2 saturated carbocycles. The molecule has 0 bridgehead atoms. The molecule has 4 aliphatic rings. The fourth-order valence-corrected chi connectivity index (χ4v) is 20.8. The Kier molecular flexibility index (Phi) is 28.0. The lowest BCUT2D eigenvalue weighted by Crippen LogP contribution is -2.37. The van der Waals surface area contributed by atoms with Crippen LogP contribution in [-0.4, -0.2) is 116 Å². The molecule has 644 valence electrons. The Hall–Kier alpha value is -12.5. The van der Waals surface area contributed by atoms with Gasteiger partial charge in [-0.1, -0.05) is 163 Å². The van der Waals surface area contributed by atoms with Gasteiger partial charge in [0.2, 0.25) is 15.5 Å². The van der Waals surface area contributed by atoms with E-state index in [-0.39, 0.29) is 92.5 Å². The van der Waals surface area contributed by atoms with Gasteiger partial charge in [0.1, 0.15) is 53.1 Å². The number of ether oxygens (including phenoxy) is 4. The number of para-hydroxylation sites is 2. The van der Waals surface area contributed by atoms with Crippen LogP contribution in [0.5, 0.6) is 11.5 Å². The number of esters is 2. The molecule has 2 aliphatic carbocycles. The zero-order valence-electron chi connectivity index (χ0n) is 72.6. The van der Waals surface area contributed by atoms with E-state index in [0.717, 1.165) is 108 Å². The number of nitriles is 1. The maximum absolute atomic E-state index is 14.8. The number of rotatable bonds is 21. The molecular formula is C98H108N12O12S2. The largest absolute Gasteiger partial charge is 0.459 e. The quantitative estimate of drug-likeness (QED) is 0.0130. The number of aromatic amines is 2. The summed E-state index contributed by atoms with van der Waals surface area (Å²) in [5, 5.41) is 32.0. The molecule has 8 aromatic carbocycles. The molecule has 26 heteroatoms. The summed E-state index contributed by atoms with van der Waals surface area (Å²) >= 11 is 2.83. The van der Waals surface area contributed by atoms with Crippen molar-refractivity contribution in [1.29, 1.82) is 5.26 Å². The van der Waals surface area contributed by atoms with Crippen LogP contribution in [0.2, 0.25) is 0 Å². The maximum atomic E-state index is 14.8. The number of aryl methyl sites for hydroxylation is 4. The van der Waals surface area contributed by atoms with Crippen LogP contribution in [-0.2, 0) is 41.5 Å². The zero-order chi connectivity index (χ0) is 88.5. The Morgan fingerprint density at radius 2 is 1.06 bits per heavy atom. The van der Waals surface area contributed by atoms with Gasteiger partial charge in [-0.3, -0.25) is 24.9 Å². The van der Waals surface area contributed by atoms with Crippen LogP contribution < -0.4 is 24.8 Å². The summed E-state index contributed by atoms with van der Waals surface area (Å²) in [7, 11) is -3.60. The fraction of sp³-hybridized carbons (Fsp3) is 0.357. The molecule has 4 N–H and O–H groups in total. The maximum Gasteiger partial charge on any atom is 0.411 e. The van der Waals surface area contributed by atoms with Crippen LogP contribution >= 0.6 is 0 Å². The minimum Gasteiger partial charge on any atom is -0.459 e. The predicted octanol–water partition coefficient (Wildman–Crippen LogP) is 21.6. The number of carbonyl (C=O) groups excluding carboxylic acids is 3. The highest BCUT2D eigenvalue weighted by molar-refractivity contribution is 7.91. The average Bonchev–Trinajstić information content (AvgIpc) is 1.56. The van der Waals surface area contributed by atoms with Crippen molar-refractivity contribution in [1.82, 2.24) is 29.2 Å². The van der Waals surface area contributed by atoms with E-state index >= 15 is 0 Å². The van der Waals surface area contributed by atoms with Crippen LogP contribution in [0.25, 0.3) is 38.9 Å². The van der Waals surface area contributed by atoms with Gasteiger partial charge >= 0.3 is 18.0 Å². The first-order chi connectivity index (χ1) is 59.8. The number of H-pyrrole nitrogens is 2. The number of benzene rings is 8.